The SMILES string of the molecule is Cc1nn(-c2ncccc2CN)c(C)c1Cl. The van der Waals surface area contributed by atoms with Crippen molar-refractivity contribution in [2.45, 2.75) is 20.4 Å². The minimum absolute atomic E-state index is 0.430. The quantitative estimate of drug-likeness (QED) is 0.868. The normalized spacial score (nSPS) is 10.8. The molecule has 2 heterocycles. The molecule has 0 radical (unpaired) electrons. The van der Waals surface area contributed by atoms with E-state index in [1.165, 1.54) is 0 Å². The van der Waals surface area contributed by atoms with Crippen molar-refractivity contribution < 1.29 is 0 Å². The van der Waals surface area contributed by atoms with Gasteiger partial charge < -0.3 is 5.73 Å². The first kappa shape index (κ1) is 11.1. The number of pyridine rings is 1. The van der Waals surface area contributed by atoms with Crippen LogP contribution in [0, 0.1) is 13.8 Å². The second-order valence-corrected chi connectivity index (χ2v) is 3.96. The van der Waals surface area contributed by atoms with E-state index in [1.54, 1.807) is 10.9 Å². The highest BCUT2D eigenvalue weighted by atomic mass is 35.5. The van der Waals surface area contributed by atoms with Crippen LogP contribution in [-0.4, -0.2) is 14.8 Å². The summed E-state index contributed by atoms with van der Waals surface area (Å²) in [5.41, 5.74) is 8.30. The molecule has 0 spiro atoms. The van der Waals surface area contributed by atoms with E-state index in [1.807, 2.05) is 26.0 Å². The summed E-state index contributed by atoms with van der Waals surface area (Å²) in [4.78, 5) is 4.30. The third-order valence-electron chi connectivity index (χ3n) is 2.49. The molecule has 0 saturated heterocycles. The molecule has 16 heavy (non-hydrogen) atoms. The van der Waals surface area contributed by atoms with Gasteiger partial charge in [-0.3, -0.25) is 0 Å². The zero-order valence-corrected chi connectivity index (χ0v) is 9.99. The summed E-state index contributed by atoms with van der Waals surface area (Å²) in [7, 11) is 0. The van der Waals surface area contributed by atoms with Crippen LogP contribution >= 0.6 is 11.6 Å². The molecule has 0 unspecified atom stereocenters. The molecular formula is C11H13ClN4. The van der Waals surface area contributed by atoms with Gasteiger partial charge in [0.1, 0.15) is 0 Å². The van der Waals surface area contributed by atoms with Crippen molar-refractivity contribution >= 4 is 11.6 Å². The van der Waals surface area contributed by atoms with Crippen molar-refractivity contribution in [3.05, 3.63) is 40.3 Å². The number of hydrogen-bond donors (Lipinski definition) is 1. The summed E-state index contributed by atoms with van der Waals surface area (Å²) in [5, 5.41) is 5.03. The lowest BCUT2D eigenvalue weighted by Gasteiger charge is -2.07. The number of nitrogens with two attached hydrogens (primary N) is 1. The molecule has 2 aromatic heterocycles. The van der Waals surface area contributed by atoms with Crippen molar-refractivity contribution in [3.8, 4) is 5.82 Å². The van der Waals surface area contributed by atoms with Gasteiger partial charge in [0, 0.05) is 18.3 Å². The van der Waals surface area contributed by atoms with E-state index in [2.05, 4.69) is 10.1 Å². The standard InChI is InChI=1S/C11H13ClN4/c1-7-10(12)8(2)16(15-7)11-9(6-13)4-3-5-14-11/h3-5H,6,13H2,1-2H3. The van der Waals surface area contributed by atoms with Crippen LogP contribution in [0.5, 0.6) is 0 Å². The maximum atomic E-state index is 6.10. The Morgan fingerprint density at radius 2 is 2.19 bits per heavy atom. The summed E-state index contributed by atoms with van der Waals surface area (Å²) in [6.45, 7) is 4.22. The maximum absolute atomic E-state index is 6.10. The summed E-state index contributed by atoms with van der Waals surface area (Å²) >= 11 is 6.10. The molecule has 4 nitrogen and oxygen atoms in total. The average molecular weight is 237 g/mol. The van der Waals surface area contributed by atoms with E-state index >= 15 is 0 Å². The molecule has 0 saturated carbocycles. The fraction of sp³-hybridized carbons (Fsp3) is 0.273. The Labute approximate surface area is 99.1 Å². The number of nitrogens with zero attached hydrogens (tertiary/aromatic N) is 3. The Morgan fingerprint density at radius 1 is 1.44 bits per heavy atom. The van der Waals surface area contributed by atoms with E-state index < -0.39 is 0 Å². The van der Waals surface area contributed by atoms with Crippen LogP contribution < -0.4 is 5.73 Å². The van der Waals surface area contributed by atoms with Gasteiger partial charge >= 0.3 is 0 Å². The van der Waals surface area contributed by atoms with E-state index in [0.717, 1.165) is 22.8 Å². The predicted octanol–water partition coefficient (Wildman–Crippen LogP) is 2.00. The topological polar surface area (TPSA) is 56.7 Å². The minimum Gasteiger partial charge on any atom is -0.326 e. The van der Waals surface area contributed by atoms with Crippen LogP contribution in [0.15, 0.2) is 18.3 Å². The van der Waals surface area contributed by atoms with Crippen LogP contribution in [0.2, 0.25) is 5.02 Å². The molecule has 0 aliphatic heterocycles. The number of aryl methyl sites for hydroxylation is 1. The van der Waals surface area contributed by atoms with Gasteiger partial charge in [-0.05, 0) is 19.9 Å². The number of rotatable bonds is 2. The lowest BCUT2D eigenvalue weighted by atomic mass is 10.2. The smallest absolute Gasteiger partial charge is 0.158 e. The van der Waals surface area contributed by atoms with E-state index in [4.69, 9.17) is 17.3 Å². The monoisotopic (exact) mass is 236 g/mol. The van der Waals surface area contributed by atoms with Crippen molar-refractivity contribution in [3.63, 3.8) is 0 Å². The zero-order chi connectivity index (χ0) is 11.7. The molecule has 0 aliphatic carbocycles. The molecule has 5 heteroatoms. The molecule has 2 aromatic rings. The molecule has 0 fully saturated rings. The predicted molar refractivity (Wildman–Crippen MR) is 63.7 cm³/mol. The van der Waals surface area contributed by atoms with Gasteiger partial charge in [0.25, 0.3) is 0 Å². The largest absolute Gasteiger partial charge is 0.326 e. The van der Waals surface area contributed by atoms with Crippen molar-refractivity contribution in [2.75, 3.05) is 0 Å². The fourth-order valence-electron chi connectivity index (χ4n) is 1.61. The summed E-state index contributed by atoms with van der Waals surface area (Å²) in [6.07, 6.45) is 1.72. The van der Waals surface area contributed by atoms with Crippen LogP contribution in [0.4, 0.5) is 0 Å². The van der Waals surface area contributed by atoms with Gasteiger partial charge in [0.05, 0.1) is 16.4 Å². The Hall–Kier alpha value is -1.39. The van der Waals surface area contributed by atoms with Crippen LogP contribution in [0.25, 0.3) is 5.82 Å². The van der Waals surface area contributed by atoms with Gasteiger partial charge in [0.15, 0.2) is 5.82 Å². The first-order valence-corrected chi connectivity index (χ1v) is 5.39. The molecule has 0 amide bonds. The zero-order valence-electron chi connectivity index (χ0n) is 9.24. The molecule has 84 valence electrons. The summed E-state index contributed by atoms with van der Waals surface area (Å²) in [6, 6.07) is 3.80. The molecule has 0 aromatic carbocycles. The Balaban J connectivity index is 2.63. The third-order valence-corrected chi connectivity index (χ3v) is 3.04. The van der Waals surface area contributed by atoms with E-state index in [0.29, 0.717) is 11.6 Å². The van der Waals surface area contributed by atoms with Crippen molar-refractivity contribution in [1.82, 2.24) is 14.8 Å². The Morgan fingerprint density at radius 3 is 2.75 bits per heavy atom. The highest BCUT2D eigenvalue weighted by molar-refractivity contribution is 6.31. The van der Waals surface area contributed by atoms with Gasteiger partial charge in [-0.25, -0.2) is 9.67 Å². The molecular weight excluding hydrogens is 224 g/mol. The van der Waals surface area contributed by atoms with Gasteiger partial charge in [-0.15, -0.1) is 0 Å². The highest BCUT2D eigenvalue weighted by Crippen LogP contribution is 2.22. The summed E-state index contributed by atoms with van der Waals surface area (Å²) in [5.74, 6) is 0.748. The molecule has 2 rings (SSSR count). The van der Waals surface area contributed by atoms with Gasteiger partial charge in [0.2, 0.25) is 0 Å². The molecule has 2 N–H and O–H groups in total. The Kier molecular flexibility index (Phi) is 2.94. The minimum atomic E-state index is 0.430. The van der Waals surface area contributed by atoms with Crippen LogP contribution in [0.1, 0.15) is 17.0 Å². The average Bonchev–Trinajstić information content (AvgIpc) is 2.57. The Bertz CT molecular complexity index is 519. The third kappa shape index (κ3) is 1.70. The fourth-order valence-corrected chi connectivity index (χ4v) is 1.73. The lowest BCUT2D eigenvalue weighted by molar-refractivity contribution is 0.789. The number of halogens is 1. The second-order valence-electron chi connectivity index (χ2n) is 3.59. The second kappa shape index (κ2) is 4.23. The van der Waals surface area contributed by atoms with Crippen LogP contribution in [-0.2, 0) is 6.54 Å². The summed E-state index contributed by atoms with van der Waals surface area (Å²) < 4.78 is 1.74. The van der Waals surface area contributed by atoms with E-state index in [-0.39, 0.29) is 0 Å². The highest BCUT2D eigenvalue weighted by Gasteiger charge is 2.13. The maximum Gasteiger partial charge on any atom is 0.158 e. The first-order valence-electron chi connectivity index (χ1n) is 5.01. The lowest BCUT2D eigenvalue weighted by Crippen LogP contribution is -2.08. The van der Waals surface area contributed by atoms with Crippen molar-refractivity contribution in [1.29, 1.82) is 0 Å². The number of hydrogen-bond acceptors (Lipinski definition) is 3. The van der Waals surface area contributed by atoms with Crippen LogP contribution in [0.3, 0.4) is 0 Å². The number of aromatic nitrogens is 3. The van der Waals surface area contributed by atoms with Gasteiger partial charge in [-0.1, -0.05) is 17.7 Å². The molecule has 0 atom stereocenters. The molecule has 0 aliphatic rings. The van der Waals surface area contributed by atoms with Crippen molar-refractivity contribution in [2.24, 2.45) is 5.73 Å². The van der Waals surface area contributed by atoms with Gasteiger partial charge in [-0.2, -0.15) is 5.10 Å². The molecule has 0 bridgehead atoms. The first-order chi connectivity index (χ1) is 7.65. The van der Waals surface area contributed by atoms with E-state index in [9.17, 15) is 0 Å².